The fraction of sp³-hybridized carbons (Fsp3) is 0.407. The summed E-state index contributed by atoms with van der Waals surface area (Å²) in [6.07, 6.45) is -1.01. The third-order valence-corrected chi connectivity index (χ3v) is 6.31. The first-order valence-corrected chi connectivity index (χ1v) is 11.9. The normalized spacial score (nSPS) is 12.8. The van der Waals surface area contributed by atoms with E-state index in [9.17, 15) is 17.6 Å². The van der Waals surface area contributed by atoms with Crippen molar-refractivity contribution in [3.05, 3.63) is 65.9 Å². The van der Waals surface area contributed by atoms with E-state index in [-0.39, 0.29) is 5.56 Å². The highest BCUT2D eigenvalue weighted by molar-refractivity contribution is 5.97. The summed E-state index contributed by atoms with van der Waals surface area (Å²) < 4.78 is 71.0. The predicted molar refractivity (Wildman–Crippen MR) is 139 cm³/mol. The Labute approximate surface area is 214 Å². The van der Waals surface area contributed by atoms with Crippen LogP contribution in [0.15, 0.2) is 43.1 Å². The van der Waals surface area contributed by atoms with Crippen LogP contribution in [0.4, 0.5) is 39.1 Å². The Kier molecular flexibility index (Phi) is 8.29. The van der Waals surface area contributed by atoms with Gasteiger partial charge in [0.05, 0.1) is 35.0 Å². The maximum atomic E-state index is 15.3. The fourth-order valence-corrected chi connectivity index (χ4v) is 4.11. The first-order valence-electron chi connectivity index (χ1n) is 11.9. The molecule has 2 aromatic carbocycles. The number of hydrogen-bond donors (Lipinski definition) is 1. The topological polar surface area (TPSA) is 44.3 Å². The number of halogens is 5. The second-order valence-corrected chi connectivity index (χ2v) is 9.40. The van der Waals surface area contributed by atoms with E-state index in [0.717, 1.165) is 6.07 Å². The second-order valence-electron chi connectivity index (χ2n) is 9.40. The second kappa shape index (κ2) is 10.9. The lowest BCUT2D eigenvalue weighted by Crippen LogP contribution is -2.26. The van der Waals surface area contributed by atoms with Gasteiger partial charge in [0, 0.05) is 31.0 Å². The van der Waals surface area contributed by atoms with Crippen LogP contribution in [0.25, 0.3) is 10.9 Å². The Morgan fingerprint density at radius 1 is 1.08 bits per heavy atom. The van der Waals surface area contributed by atoms with Crippen LogP contribution in [0.5, 0.6) is 0 Å². The Morgan fingerprint density at radius 2 is 1.76 bits per heavy atom. The highest BCUT2D eigenvalue weighted by Crippen LogP contribution is 2.40. The minimum Gasteiger partial charge on any atom is -0.367 e. The molecule has 0 amide bonds. The third-order valence-electron chi connectivity index (χ3n) is 6.31. The van der Waals surface area contributed by atoms with Crippen molar-refractivity contribution in [1.29, 1.82) is 0 Å². The number of alkyl halides is 4. The average molecular weight is 522 g/mol. The summed E-state index contributed by atoms with van der Waals surface area (Å²) in [5.74, 6) is -4.65. The van der Waals surface area contributed by atoms with Crippen molar-refractivity contribution in [2.75, 3.05) is 35.8 Å². The summed E-state index contributed by atoms with van der Waals surface area (Å²) in [6.45, 7) is 9.26. The maximum Gasteiger partial charge on any atom is 0.278 e. The number of aromatic nitrogens is 2. The number of nitrogens with one attached hydrogen (secondary N) is 1. The van der Waals surface area contributed by atoms with Crippen molar-refractivity contribution >= 4 is 28.1 Å². The molecule has 5 nitrogen and oxygen atoms in total. The van der Waals surface area contributed by atoms with E-state index >= 15 is 4.39 Å². The van der Waals surface area contributed by atoms with Crippen LogP contribution in [-0.2, 0) is 5.92 Å². The smallest absolute Gasteiger partial charge is 0.278 e. The third kappa shape index (κ3) is 5.78. The highest BCUT2D eigenvalue weighted by Gasteiger charge is 2.39. The molecule has 0 aliphatic heterocycles. The number of rotatable bonds is 10. The zero-order valence-electron chi connectivity index (χ0n) is 21.8. The van der Waals surface area contributed by atoms with E-state index in [1.54, 1.807) is 51.2 Å². The molecule has 1 aromatic heterocycles. The molecule has 0 aliphatic carbocycles. The Bertz CT molecular complexity index is 1280. The van der Waals surface area contributed by atoms with Crippen LogP contribution in [0, 0.1) is 18.7 Å². The molecule has 0 saturated carbocycles. The Hall–Kier alpha value is -3.43. The maximum absolute atomic E-state index is 15.3. The average Bonchev–Trinajstić information content (AvgIpc) is 2.81. The molecule has 0 aliphatic rings. The van der Waals surface area contributed by atoms with Gasteiger partial charge in [-0.05, 0) is 32.2 Å². The first-order chi connectivity index (χ1) is 17.3. The van der Waals surface area contributed by atoms with Crippen molar-refractivity contribution in [2.24, 2.45) is 5.92 Å². The minimum absolute atomic E-state index is 0.0558. The molecule has 0 bridgehead atoms. The van der Waals surface area contributed by atoms with Gasteiger partial charge in [-0.1, -0.05) is 38.6 Å². The van der Waals surface area contributed by atoms with E-state index < -0.39 is 42.2 Å². The number of fused-ring (bicyclic) bond motifs is 1. The van der Waals surface area contributed by atoms with E-state index in [4.69, 9.17) is 0 Å². The summed E-state index contributed by atoms with van der Waals surface area (Å²) in [4.78, 5) is 12.1. The molecular formula is C27H32F5N5. The Morgan fingerprint density at radius 3 is 2.35 bits per heavy atom. The van der Waals surface area contributed by atoms with E-state index in [1.807, 2.05) is 0 Å². The molecule has 10 heteroatoms. The molecule has 1 N–H and O–H groups in total. The summed E-state index contributed by atoms with van der Waals surface area (Å²) >= 11 is 0. The highest BCUT2D eigenvalue weighted by atomic mass is 19.3. The van der Waals surface area contributed by atoms with Crippen LogP contribution in [0.1, 0.15) is 43.8 Å². The predicted octanol–water partition coefficient (Wildman–Crippen LogP) is 7.28. The van der Waals surface area contributed by atoms with Crippen molar-refractivity contribution in [3.8, 4) is 0 Å². The summed E-state index contributed by atoms with van der Waals surface area (Å²) in [5, 5.41) is 3.64. The van der Waals surface area contributed by atoms with E-state index in [1.165, 1.54) is 30.9 Å². The van der Waals surface area contributed by atoms with Crippen LogP contribution >= 0.6 is 0 Å². The van der Waals surface area contributed by atoms with Crippen LogP contribution in [-0.4, -0.2) is 37.0 Å². The fourth-order valence-electron chi connectivity index (χ4n) is 4.11. The van der Waals surface area contributed by atoms with Gasteiger partial charge in [-0.25, -0.2) is 31.9 Å². The van der Waals surface area contributed by atoms with Gasteiger partial charge in [0.1, 0.15) is 17.5 Å². The molecule has 3 aromatic rings. The SMILES string of the molecule is C=CN(C)c1cc2nc(C)nc(N[C@H](C)c3cccc(C(F)(F)C(C)C)c3F)c2cc1N(C)CC(F)F. The van der Waals surface area contributed by atoms with Gasteiger partial charge in [-0.15, -0.1) is 0 Å². The summed E-state index contributed by atoms with van der Waals surface area (Å²) in [6, 6.07) is 6.63. The summed E-state index contributed by atoms with van der Waals surface area (Å²) in [7, 11) is 3.29. The molecule has 1 atom stereocenters. The molecule has 1 heterocycles. The summed E-state index contributed by atoms with van der Waals surface area (Å²) in [5.41, 5.74) is 1.02. The van der Waals surface area contributed by atoms with E-state index in [2.05, 4.69) is 21.9 Å². The first kappa shape index (κ1) is 28.1. The molecular weight excluding hydrogens is 489 g/mol. The van der Waals surface area contributed by atoms with Crippen molar-refractivity contribution in [1.82, 2.24) is 9.97 Å². The van der Waals surface area contributed by atoms with Gasteiger partial charge in [0.2, 0.25) is 0 Å². The zero-order chi connectivity index (χ0) is 27.7. The number of aryl methyl sites for hydroxylation is 1. The lowest BCUT2D eigenvalue weighted by molar-refractivity contribution is -0.0545. The van der Waals surface area contributed by atoms with Crippen LogP contribution in [0.2, 0.25) is 0 Å². The van der Waals surface area contributed by atoms with Crippen molar-refractivity contribution in [2.45, 2.75) is 46.1 Å². The molecule has 37 heavy (non-hydrogen) atoms. The number of hydrogen-bond acceptors (Lipinski definition) is 5. The van der Waals surface area contributed by atoms with Gasteiger partial charge in [-0.3, -0.25) is 0 Å². The Balaban J connectivity index is 2.12. The van der Waals surface area contributed by atoms with Gasteiger partial charge < -0.3 is 15.1 Å². The molecule has 200 valence electrons. The number of benzene rings is 2. The van der Waals surface area contributed by atoms with Gasteiger partial charge in [0.15, 0.2) is 0 Å². The van der Waals surface area contributed by atoms with Crippen LogP contribution < -0.4 is 15.1 Å². The number of anilines is 3. The van der Waals surface area contributed by atoms with Crippen molar-refractivity contribution in [3.63, 3.8) is 0 Å². The molecule has 3 rings (SSSR count). The molecule has 0 fully saturated rings. The molecule has 0 saturated heterocycles. The molecule has 0 radical (unpaired) electrons. The zero-order valence-corrected chi connectivity index (χ0v) is 21.8. The standard InChI is InChI=1S/C27H32F5N5/c1-8-36(6)23-13-21-19(12-22(23)37(7)14-24(28)29)26(35-17(5)34-21)33-16(4)18-10-9-11-20(25(18)30)27(31,32)15(2)3/h8-13,15-16,24H,1,14H2,2-7H3,(H,33,34,35)/t16-/m1/s1. The minimum atomic E-state index is -3.34. The quantitative estimate of drug-likeness (QED) is 0.284. The van der Waals surface area contributed by atoms with Crippen LogP contribution in [0.3, 0.4) is 0 Å². The number of nitrogens with zero attached hydrogens (tertiary/aromatic N) is 4. The monoisotopic (exact) mass is 521 g/mol. The molecule has 0 unspecified atom stereocenters. The van der Waals surface area contributed by atoms with Gasteiger partial charge >= 0.3 is 0 Å². The van der Waals surface area contributed by atoms with Crippen molar-refractivity contribution < 1.29 is 22.0 Å². The van der Waals surface area contributed by atoms with Gasteiger partial charge in [-0.2, -0.15) is 0 Å². The van der Waals surface area contributed by atoms with E-state index in [0.29, 0.717) is 33.9 Å². The van der Waals surface area contributed by atoms with Gasteiger partial charge in [0.25, 0.3) is 12.3 Å². The lowest BCUT2D eigenvalue weighted by Gasteiger charge is -2.27. The lowest BCUT2D eigenvalue weighted by atomic mass is 9.94. The largest absolute Gasteiger partial charge is 0.367 e. The molecule has 0 spiro atoms.